The fraction of sp³-hybridized carbons (Fsp3) is 0.692. The average molecular weight is 301 g/mol. The van der Waals surface area contributed by atoms with Gasteiger partial charge in [0.15, 0.2) is 5.00 Å². The van der Waals surface area contributed by atoms with Gasteiger partial charge >= 0.3 is 5.69 Å². The fourth-order valence-corrected chi connectivity index (χ4v) is 3.44. The van der Waals surface area contributed by atoms with E-state index in [9.17, 15) is 15.2 Å². The third kappa shape index (κ3) is 3.91. The molecule has 114 valence electrons. The van der Waals surface area contributed by atoms with Crippen LogP contribution in [-0.2, 0) is 0 Å². The number of rotatable bonds is 7. The second-order valence-corrected chi connectivity index (χ2v) is 6.23. The highest BCUT2D eigenvalue weighted by Crippen LogP contribution is 2.40. The number of aliphatic hydroxyl groups is 1. The Hall–Kier alpha value is -1.18. The van der Waals surface area contributed by atoms with Gasteiger partial charge in [0, 0.05) is 30.1 Å². The van der Waals surface area contributed by atoms with Crippen molar-refractivity contribution < 1.29 is 10.0 Å². The lowest BCUT2D eigenvalue weighted by molar-refractivity contribution is -0.383. The summed E-state index contributed by atoms with van der Waals surface area (Å²) in [6.07, 6.45) is -0.685. The zero-order valence-electron chi connectivity index (χ0n) is 12.7. The normalized spacial score (nSPS) is 14.3. The Morgan fingerprint density at radius 1 is 1.45 bits per heavy atom. The molecule has 1 heterocycles. The first-order chi connectivity index (χ1) is 9.27. The Bertz CT molecular complexity index is 460. The van der Waals surface area contributed by atoms with Gasteiger partial charge in [-0.15, -0.1) is 11.3 Å². The minimum absolute atomic E-state index is 0.0818. The number of thiophene rings is 1. The van der Waals surface area contributed by atoms with Gasteiger partial charge < -0.3 is 14.9 Å². The van der Waals surface area contributed by atoms with Crippen molar-refractivity contribution in [2.75, 3.05) is 32.1 Å². The van der Waals surface area contributed by atoms with E-state index in [1.165, 1.54) is 17.4 Å². The number of anilines is 1. The molecule has 1 aromatic rings. The number of nitro groups is 1. The van der Waals surface area contributed by atoms with Crippen LogP contribution in [0.2, 0.25) is 0 Å². The lowest BCUT2D eigenvalue weighted by Crippen LogP contribution is -2.39. The monoisotopic (exact) mass is 301 g/mol. The molecule has 7 heteroatoms. The number of nitrogens with zero attached hydrogens (tertiary/aromatic N) is 3. The van der Waals surface area contributed by atoms with Crippen molar-refractivity contribution in [3.63, 3.8) is 0 Å². The molecule has 6 nitrogen and oxygen atoms in total. The molecule has 20 heavy (non-hydrogen) atoms. The van der Waals surface area contributed by atoms with Gasteiger partial charge in [0.05, 0.1) is 11.0 Å². The molecule has 0 amide bonds. The van der Waals surface area contributed by atoms with E-state index in [1.807, 2.05) is 25.9 Å². The SMILES string of the molecule is CCN(c1sc([C@@H](C)O)cc1[N+](=O)[O-])C(C)CN(C)C. The summed E-state index contributed by atoms with van der Waals surface area (Å²) in [4.78, 5) is 15.6. The molecule has 1 rings (SSSR count). The summed E-state index contributed by atoms with van der Waals surface area (Å²) in [7, 11) is 3.96. The predicted octanol–water partition coefficient (Wildman–Crippen LogP) is 2.49. The molecule has 0 aromatic carbocycles. The largest absolute Gasteiger partial charge is 0.388 e. The van der Waals surface area contributed by atoms with Crippen LogP contribution in [0, 0.1) is 10.1 Å². The lowest BCUT2D eigenvalue weighted by atomic mass is 10.2. The summed E-state index contributed by atoms with van der Waals surface area (Å²) in [5.74, 6) is 0. The van der Waals surface area contributed by atoms with Crippen LogP contribution >= 0.6 is 11.3 Å². The van der Waals surface area contributed by atoms with E-state index < -0.39 is 6.10 Å². The van der Waals surface area contributed by atoms with Gasteiger partial charge in [-0.05, 0) is 34.9 Å². The number of aliphatic hydroxyl groups excluding tert-OH is 1. The van der Waals surface area contributed by atoms with Crippen LogP contribution in [0.5, 0.6) is 0 Å². The molecule has 0 aliphatic carbocycles. The number of hydrogen-bond acceptors (Lipinski definition) is 6. The molecule has 0 aliphatic rings. The second-order valence-electron chi connectivity index (χ2n) is 5.17. The molecular weight excluding hydrogens is 278 g/mol. The molecule has 0 saturated carbocycles. The first-order valence-corrected chi connectivity index (χ1v) is 7.47. The summed E-state index contributed by atoms with van der Waals surface area (Å²) < 4.78 is 0. The fourth-order valence-electron chi connectivity index (χ4n) is 2.21. The van der Waals surface area contributed by atoms with Crippen molar-refractivity contribution in [1.82, 2.24) is 4.90 Å². The van der Waals surface area contributed by atoms with Gasteiger partial charge in [0.2, 0.25) is 0 Å². The average Bonchev–Trinajstić information content (AvgIpc) is 2.74. The van der Waals surface area contributed by atoms with E-state index in [0.717, 1.165) is 6.54 Å². The van der Waals surface area contributed by atoms with Gasteiger partial charge in [-0.1, -0.05) is 0 Å². The first kappa shape index (κ1) is 16.9. The Morgan fingerprint density at radius 2 is 2.05 bits per heavy atom. The molecular formula is C13H23N3O3S. The van der Waals surface area contributed by atoms with Gasteiger partial charge in [0.25, 0.3) is 0 Å². The highest BCUT2D eigenvalue weighted by atomic mass is 32.1. The molecule has 0 spiro atoms. The standard InChI is InChI=1S/C13H23N3O3S/c1-6-15(9(2)8-14(4)5)13-11(16(18)19)7-12(20-13)10(3)17/h7,9-10,17H,6,8H2,1-5H3/t9?,10-/m1/s1. The zero-order valence-corrected chi connectivity index (χ0v) is 13.5. The Labute approximate surface area is 123 Å². The molecule has 0 bridgehead atoms. The van der Waals surface area contributed by atoms with Gasteiger partial charge in [-0.3, -0.25) is 10.1 Å². The predicted molar refractivity (Wildman–Crippen MR) is 82.6 cm³/mol. The zero-order chi connectivity index (χ0) is 15.4. The van der Waals surface area contributed by atoms with Crippen LogP contribution in [0.4, 0.5) is 10.7 Å². The molecule has 0 saturated heterocycles. The second kappa shape index (κ2) is 7.01. The van der Waals surface area contributed by atoms with Gasteiger partial charge in [-0.25, -0.2) is 0 Å². The van der Waals surface area contributed by atoms with Crippen molar-refractivity contribution in [2.45, 2.75) is 32.9 Å². The molecule has 0 aliphatic heterocycles. The molecule has 0 fully saturated rings. The third-order valence-electron chi connectivity index (χ3n) is 3.08. The summed E-state index contributed by atoms with van der Waals surface area (Å²) in [5, 5.41) is 21.5. The highest BCUT2D eigenvalue weighted by Gasteiger charge is 2.27. The van der Waals surface area contributed by atoms with Crippen molar-refractivity contribution in [3.05, 3.63) is 21.1 Å². The summed E-state index contributed by atoms with van der Waals surface area (Å²) in [6.45, 7) is 7.16. The van der Waals surface area contributed by atoms with Gasteiger partial charge in [0.1, 0.15) is 0 Å². The topological polar surface area (TPSA) is 69.8 Å². The Morgan fingerprint density at radius 3 is 2.45 bits per heavy atom. The maximum absolute atomic E-state index is 11.2. The molecule has 1 aromatic heterocycles. The maximum Gasteiger partial charge on any atom is 0.304 e. The van der Waals surface area contributed by atoms with Crippen molar-refractivity contribution in [1.29, 1.82) is 0 Å². The van der Waals surface area contributed by atoms with E-state index in [-0.39, 0.29) is 16.7 Å². The van der Waals surface area contributed by atoms with E-state index in [2.05, 4.69) is 11.8 Å². The highest BCUT2D eigenvalue weighted by molar-refractivity contribution is 7.16. The van der Waals surface area contributed by atoms with E-state index in [0.29, 0.717) is 16.4 Å². The Kier molecular flexibility index (Phi) is 5.91. The van der Waals surface area contributed by atoms with Crippen LogP contribution in [0.1, 0.15) is 31.8 Å². The van der Waals surface area contributed by atoms with Crippen LogP contribution in [-0.4, -0.2) is 48.2 Å². The maximum atomic E-state index is 11.2. The van der Waals surface area contributed by atoms with Crippen LogP contribution in [0.15, 0.2) is 6.07 Å². The van der Waals surface area contributed by atoms with E-state index in [1.54, 1.807) is 6.92 Å². The summed E-state index contributed by atoms with van der Waals surface area (Å²) in [6, 6.07) is 1.64. The summed E-state index contributed by atoms with van der Waals surface area (Å²) >= 11 is 1.30. The minimum atomic E-state index is -0.685. The van der Waals surface area contributed by atoms with Crippen molar-refractivity contribution in [3.8, 4) is 0 Å². The Balaban J connectivity index is 3.16. The van der Waals surface area contributed by atoms with Crippen molar-refractivity contribution in [2.24, 2.45) is 0 Å². The third-order valence-corrected chi connectivity index (χ3v) is 4.42. The number of likely N-dealkylation sites (N-methyl/N-ethyl adjacent to an activating group) is 2. The molecule has 2 atom stereocenters. The smallest absolute Gasteiger partial charge is 0.304 e. The number of hydrogen-bond donors (Lipinski definition) is 1. The van der Waals surface area contributed by atoms with Crippen molar-refractivity contribution >= 4 is 22.0 Å². The minimum Gasteiger partial charge on any atom is -0.388 e. The van der Waals surface area contributed by atoms with E-state index in [4.69, 9.17) is 0 Å². The van der Waals surface area contributed by atoms with E-state index >= 15 is 0 Å². The van der Waals surface area contributed by atoms with Crippen LogP contribution in [0.25, 0.3) is 0 Å². The lowest BCUT2D eigenvalue weighted by Gasteiger charge is -2.30. The molecule has 1 N–H and O–H groups in total. The summed E-state index contributed by atoms with van der Waals surface area (Å²) in [5.41, 5.74) is 0.0818. The van der Waals surface area contributed by atoms with Gasteiger partial charge in [-0.2, -0.15) is 0 Å². The quantitative estimate of drug-likeness (QED) is 0.619. The molecule has 1 unspecified atom stereocenters. The van der Waals surface area contributed by atoms with Crippen LogP contribution < -0.4 is 4.90 Å². The van der Waals surface area contributed by atoms with Crippen LogP contribution in [0.3, 0.4) is 0 Å². The first-order valence-electron chi connectivity index (χ1n) is 6.65. The molecule has 0 radical (unpaired) electrons.